The molecule has 0 aliphatic rings. The van der Waals surface area contributed by atoms with Gasteiger partial charge in [0.25, 0.3) is 0 Å². The summed E-state index contributed by atoms with van der Waals surface area (Å²) < 4.78 is 1.93. The zero-order valence-corrected chi connectivity index (χ0v) is 7.80. The van der Waals surface area contributed by atoms with E-state index in [1.165, 1.54) is 3.22 Å². The number of rotatable bonds is 1. The number of nitrogens with two attached hydrogens (primary N) is 1. The van der Waals surface area contributed by atoms with Gasteiger partial charge in [-0.05, 0) is 0 Å². The van der Waals surface area contributed by atoms with E-state index in [4.69, 9.17) is 11.3 Å². The van der Waals surface area contributed by atoms with Gasteiger partial charge in [-0.15, -0.1) is 0 Å². The molecule has 0 saturated heterocycles. The summed E-state index contributed by atoms with van der Waals surface area (Å²) in [5.41, 5.74) is 0. The molecule has 3 nitrogen and oxygen atoms in total. The Morgan fingerprint density at radius 1 is 1.86 bits per heavy atom. The van der Waals surface area contributed by atoms with Crippen molar-refractivity contribution in [1.82, 2.24) is 3.22 Å². The summed E-state index contributed by atoms with van der Waals surface area (Å²) in [6, 6.07) is 0. The van der Waals surface area contributed by atoms with Crippen molar-refractivity contribution < 1.29 is 0 Å². The molecule has 0 aromatic carbocycles. The van der Waals surface area contributed by atoms with Gasteiger partial charge in [-0.25, -0.2) is 9.06 Å². The SMILES string of the molecule is N=C(CI)N(N)I. The largest absolute Gasteiger partial charge is 0.286 e. The minimum absolute atomic E-state index is 0.432. The van der Waals surface area contributed by atoms with Gasteiger partial charge in [-0.1, -0.05) is 22.6 Å². The van der Waals surface area contributed by atoms with Gasteiger partial charge in [0, 0.05) is 0 Å². The normalized spacial score (nSPS) is 8.43. The van der Waals surface area contributed by atoms with Crippen LogP contribution in [0, 0.1) is 5.41 Å². The molecule has 0 atom stereocenters. The molecule has 0 unspecified atom stereocenters. The first-order chi connectivity index (χ1) is 3.18. The summed E-state index contributed by atoms with van der Waals surface area (Å²) in [5.74, 6) is 5.57. The lowest BCUT2D eigenvalue weighted by Crippen LogP contribution is -2.27. The topological polar surface area (TPSA) is 53.1 Å². The molecule has 0 aliphatic heterocycles. The van der Waals surface area contributed by atoms with Crippen molar-refractivity contribution in [1.29, 1.82) is 5.41 Å². The highest BCUT2D eigenvalue weighted by atomic mass is 127. The van der Waals surface area contributed by atoms with Gasteiger partial charge in [0.15, 0.2) is 0 Å². The van der Waals surface area contributed by atoms with E-state index in [2.05, 4.69) is 22.6 Å². The van der Waals surface area contributed by atoms with Crippen molar-refractivity contribution in [2.45, 2.75) is 0 Å². The van der Waals surface area contributed by atoms with Gasteiger partial charge >= 0.3 is 0 Å². The molecule has 0 saturated carbocycles. The molecule has 0 spiro atoms. The smallest absolute Gasteiger partial charge is 0.130 e. The summed E-state index contributed by atoms with van der Waals surface area (Å²) in [7, 11) is 0. The van der Waals surface area contributed by atoms with Gasteiger partial charge in [0.05, 0.1) is 27.3 Å². The van der Waals surface area contributed by atoms with Crippen molar-refractivity contribution in [3.8, 4) is 0 Å². The van der Waals surface area contributed by atoms with Crippen LogP contribution in [0.1, 0.15) is 0 Å². The Hall–Kier alpha value is 0.890. The molecule has 0 aromatic rings. The van der Waals surface area contributed by atoms with Crippen LogP contribution in [0.4, 0.5) is 0 Å². The first kappa shape index (κ1) is 7.89. The second-order valence-electron chi connectivity index (χ2n) is 0.892. The Morgan fingerprint density at radius 2 is 2.29 bits per heavy atom. The molecule has 0 amide bonds. The van der Waals surface area contributed by atoms with Crippen LogP contribution < -0.4 is 5.84 Å². The molecule has 0 fully saturated rings. The summed E-state index contributed by atoms with van der Waals surface area (Å²) in [5, 5.41) is 6.98. The Kier molecular flexibility index (Phi) is 4.33. The van der Waals surface area contributed by atoms with E-state index in [1.54, 1.807) is 0 Å². The van der Waals surface area contributed by atoms with Crippen LogP contribution in [0.3, 0.4) is 0 Å². The molecular formula is C2H5I2N3. The van der Waals surface area contributed by atoms with Gasteiger partial charge in [-0.2, -0.15) is 0 Å². The second kappa shape index (κ2) is 3.84. The Morgan fingerprint density at radius 3 is 2.29 bits per heavy atom. The first-order valence-corrected chi connectivity index (χ1v) is 4.01. The van der Waals surface area contributed by atoms with Crippen LogP contribution in [0.25, 0.3) is 0 Å². The maximum atomic E-state index is 6.98. The molecule has 7 heavy (non-hydrogen) atoms. The molecule has 0 radical (unpaired) electrons. The molecule has 0 aromatic heterocycles. The molecule has 0 aliphatic carbocycles. The fourth-order valence-corrected chi connectivity index (χ4v) is 1.25. The number of hydrogen-bond acceptors (Lipinski definition) is 2. The van der Waals surface area contributed by atoms with Crippen LogP contribution in [0.5, 0.6) is 0 Å². The summed E-state index contributed by atoms with van der Waals surface area (Å²) in [4.78, 5) is 0. The third-order valence-corrected chi connectivity index (χ3v) is 1.69. The third kappa shape index (κ3) is 3.47. The fourth-order valence-electron chi connectivity index (χ4n) is 0.0571. The van der Waals surface area contributed by atoms with Gasteiger partial charge in [0.2, 0.25) is 0 Å². The Labute approximate surface area is 69.7 Å². The maximum Gasteiger partial charge on any atom is 0.130 e. The molecular weight excluding hydrogens is 320 g/mol. The van der Waals surface area contributed by atoms with Crippen molar-refractivity contribution in [2.24, 2.45) is 5.84 Å². The number of hydrazine groups is 1. The number of hydrogen-bond donors (Lipinski definition) is 2. The number of amidine groups is 1. The summed E-state index contributed by atoms with van der Waals surface area (Å²) in [6.45, 7) is 0. The molecule has 0 rings (SSSR count). The predicted molar refractivity (Wildman–Crippen MR) is 46.7 cm³/mol. The van der Waals surface area contributed by atoms with E-state index >= 15 is 0 Å². The highest BCUT2D eigenvalue weighted by Crippen LogP contribution is 1.93. The number of nitrogens with one attached hydrogen (secondary N) is 1. The van der Waals surface area contributed by atoms with Gasteiger partial charge in [-0.3, -0.25) is 5.41 Å². The molecule has 42 valence electrons. The monoisotopic (exact) mass is 325 g/mol. The van der Waals surface area contributed by atoms with E-state index in [-0.39, 0.29) is 0 Å². The predicted octanol–water partition coefficient (Wildman–Crippen LogP) is 0.924. The van der Waals surface area contributed by atoms with E-state index < -0.39 is 0 Å². The van der Waals surface area contributed by atoms with E-state index in [0.29, 0.717) is 10.3 Å². The standard InChI is InChI=1S/C2H5I2N3/c3-1-2(5)7(4)6/h5H,1,6H2. The minimum atomic E-state index is 0.432. The average molecular weight is 325 g/mol. The fraction of sp³-hybridized carbons (Fsp3) is 0.500. The number of alkyl halides is 1. The molecule has 0 heterocycles. The lowest BCUT2D eigenvalue weighted by molar-refractivity contribution is 0.777. The zero-order chi connectivity index (χ0) is 5.86. The summed E-state index contributed by atoms with van der Waals surface area (Å²) >= 11 is 3.93. The van der Waals surface area contributed by atoms with Gasteiger partial charge in [0.1, 0.15) is 5.84 Å². The van der Waals surface area contributed by atoms with E-state index in [0.717, 1.165) is 0 Å². The number of nitrogens with zero attached hydrogens (tertiary/aromatic N) is 1. The molecule has 3 N–H and O–H groups in total. The highest BCUT2D eigenvalue weighted by Gasteiger charge is 1.94. The summed E-state index contributed by atoms with van der Waals surface area (Å²) in [6.07, 6.45) is 0. The second-order valence-corrected chi connectivity index (χ2v) is 2.69. The molecule has 5 heteroatoms. The molecule has 0 bridgehead atoms. The maximum absolute atomic E-state index is 6.98. The van der Waals surface area contributed by atoms with Crippen LogP contribution in [-0.4, -0.2) is 13.5 Å². The average Bonchev–Trinajstić information content (AvgIpc) is 1.65. The highest BCUT2D eigenvalue weighted by molar-refractivity contribution is 14.1. The third-order valence-electron chi connectivity index (χ3n) is 0.384. The van der Waals surface area contributed by atoms with Crippen molar-refractivity contribution in [3.05, 3.63) is 0 Å². The first-order valence-electron chi connectivity index (χ1n) is 1.52. The Balaban J connectivity index is 3.35. The van der Waals surface area contributed by atoms with E-state index in [9.17, 15) is 0 Å². The zero-order valence-electron chi connectivity index (χ0n) is 3.49. The van der Waals surface area contributed by atoms with Crippen molar-refractivity contribution in [2.75, 3.05) is 4.43 Å². The lowest BCUT2D eigenvalue weighted by atomic mass is 10.7. The van der Waals surface area contributed by atoms with Crippen molar-refractivity contribution >= 4 is 51.3 Å². The van der Waals surface area contributed by atoms with E-state index in [1.807, 2.05) is 22.9 Å². The Bertz CT molecular complexity index is 71.3. The minimum Gasteiger partial charge on any atom is -0.286 e. The quantitative estimate of drug-likeness (QED) is 0.143. The number of halogens is 2. The van der Waals surface area contributed by atoms with Crippen LogP contribution >= 0.6 is 45.5 Å². The van der Waals surface area contributed by atoms with Crippen molar-refractivity contribution in [3.63, 3.8) is 0 Å². The van der Waals surface area contributed by atoms with Crippen LogP contribution in [0.15, 0.2) is 0 Å². The van der Waals surface area contributed by atoms with Crippen LogP contribution in [-0.2, 0) is 0 Å². The van der Waals surface area contributed by atoms with Crippen LogP contribution in [0.2, 0.25) is 0 Å². The lowest BCUT2D eigenvalue weighted by Gasteiger charge is -2.05. The van der Waals surface area contributed by atoms with Gasteiger partial charge < -0.3 is 0 Å².